The van der Waals surface area contributed by atoms with E-state index in [2.05, 4.69) is 10.2 Å². The molecule has 0 radical (unpaired) electrons. The van der Waals surface area contributed by atoms with E-state index in [1.165, 1.54) is 6.07 Å². The van der Waals surface area contributed by atoms with Crippen LogP contribution >= 0.6 is 0 Å². The summed E-state index contributed by atoms with van der Waals surface area (Å²) in [5.41, 5.74) is -0.245. The van der Waals surface area contributed by atoms with Crippen molar-refractivity contribution in [2.75, 3.05) is 45.1 Å². The van der Waals surface area contributed by atoms with Crippen LogP contribution < -0.4 is 5.32 Å². The van der Waals surface area contributed by atoms with E-state index in [-0.39, 0.29) is 18.1 Å². The molecule has 1 aromatic rings. The maximum Gasteiger partial charge on any atom is 0.241 e. The fourth-order valence-corrected chi connectivity index (χ4v) is 2.00. The third-order valence-electron chi connectivity index (χ3n) is 3.24. The highest BCUT2D eigenvalue weighted by molar-refractivity contribution is 5.81. The molecule has 1 fully saturated rings. The predicted octanol–water partition coefficient (Wildman–Crippen LogP) is 1.15. The van der Waals surface area contributed by atoms with Gasteiger partial charge in [-0.2, -0.15) is 0 Å². The Morgan fingerprint density at radius 1 is 1.21 bits per heavy atom. The lowest BCUT2D eigenvalue weighted by Gasteiger charge is -2.32. The van der Waals surface area contributed by atoms with E-state index in [9.17, 15) is 13.6 Å². The van der Waals surface area contributed by atoms with Gasteiger partial charge in [0, 0.05) is 26.2 Å². The lowest BCUT2D eigenvalue weighted by atomic mass is 10.3. The zero-order valence-electron chi connectivity index (χ0n) is 10.8. The number of likely N-dealkylation sites (N-methyl/N-ethyl adjacent to an activating group) is 1. The lowest BCUT2D eigenvalue weighted by molar-refractivity contribution is -0.130. The first kappa shape index (κ1) is 13.7. The molecule has 1 N–H and O–H groups in total. The van der Waals surface area contributed by atoms with Crippen LogP contribution in [0.25, 0.3) is 0 Å². The molecule has 2 rings (SSSR count). The summed E-state index contributed by atoms with van der Waals surface area (Å²) in [6, 6.07) is 3.61. The van der Waals surface area contributed by atoms with Crippen molar-refractivity contribution in [3.63, 3.8) is 0 Å². The summed E-state index contributed by atoms with van der Waals surface area (Å²) in [4.78, 5) is 15.7. The number of amides is 1. The Morgan fingerprint density at radius 2 is 1.79 bits per heavy atom. The van der Waals surface area contributed by atoms with Gasteiger partial charge in [0.25, 0.3) is 0 Å². The number of halogens is 2. The zero-order chi connectivity index (χ0) is 13.8. The van der Waals surface area contributed by atoms with Gasteiger partial charge in [-0.25, -0.2) is 8.78 Å². The molecule has 1 aromatic carbocycles. The van der Waals surface area contributed by atoms with Crippen LogP contribution in [0.5, 0.6) is 0 Å². The fourth-order valence-electron chi connectivity index (χ4n) is 2.00. The third-order valence-corrected chi connectivity index (χ3v) is 3.24. The molecule has 104 valence electrons. The van der Waals surface area contributed by atoms with E-state index in [4.69, 9.17) is 0 Å². The molecular weight excluding hydrogens is 252 g/mol. The molecule has 4 nitrogen and oxygen atoms in total. The second-order valence-corrected chi connectivity index (χ2v) is 4.63. The highest BCUT2D eigenvalue weighted by Gasteiger charge is 2.19. The van der Waals surface area contributed by atoms with E-state index in [1.807, 2.05) is 7.05 Å². The third kappa shape index (κ3) is 3.41. The van der Waals surface area contributed by atoms with Gasteiger partial charge >= 0.3 is 0 Å². The van der Waals surface area contributed by atoms with Crippen molar-refractivity contribution >= 4 is 11.6 Å². The van der Waals surface area contributed by atoms with E-state index < -0.39 is 11.6 Å². The van der Waals surface area contributed by atoms with Gasteiger partial charge in [0.15, 0.2) is 0 Å². The van der Waals surface area contributed by atoms with Crippen molar-refractivity contribution in [1.82, 2.24) is 9.80 Å². The molecule has 1 saturated heterocycles. The average molecular weight is 269 g/mol. The number of hydrogen-bond donors (Lipinski definition) is 1. The van der Waals surface area contributed by atoms with Gasteiger partial charge in [0.2, 0.25) is 5.91 Å². The number of nitrogens with one attached hydrogen (secondary N) is 1. The maximum absolute atomic E-state index is 13.4. The molecule has 1 heterocycles. The van der Waals surface area contributed by atoms with Crippen LogP contribution in [0.1, 0.15) is 0 Å². The highest BCUT2D eigenvalue weighted by atomic mass is 19.1. The molecule has 1 aliphatic heterocycles. The molecule has 1 aliphatic rings. The topological polar surface area (TPSA) is 35.6 Å². The van der Waals surface area contributed by atoms with Crippen molar-refractivity contribution in [2.24, 2.45) is 0 Å². The van der Waals surface area contributed by atoms with Crippen LogP contribution in [0.15, 0.2) is 18.2 Å². The number of rotatable bonds is 3. The van der Waals surface area contributed by atoms with Crippen LogP contribution in [-0.4, -0.2) is 55.5 Å². The van der Waals surface area contributed by atoms with E-state index in [0.29, 0.717) is 13.1 Å². The monoisotopic (exact) mass is 269 g/mol. The van der Waals surface area contributed by atoms with Crippen molar-refractivity contribution in [2.45, 2.75) is 0 Å². The lowest BCUT2D eigenvalue weighted by Crippen LogP contribution is -2.48. The summed E-state index contributed by atoms with van der Waals surface area (Å²) < 4.78 is 26.7. The first-order valence-corrected chi connectivity index (χ1v) is 6.22. The van der Waals surface area contributed by atoms with E-state index >= 15 is 0 Å². The second kappa shape index (κ2) is 5.97. The summed E-state index contributed by atoms with van der Waals surface area (Å²) in [6.45, 7) is 2.84. The molecule has 0 aliphatic carbocycles. The first-order chi connectivity index (χ1) is 9.08. The minimum Gasteiger partial charge on any atom is -0.371 e. The number of nitrogens with zero attached hydrogens (tertiary/aromatic N) is 2. The predicted molar refractivity (Wildman–Crippen MR) is 68.9 cm³/mol. The first-order valence-electron chi connectivity index (χ1n) is 6.22. The Morgan fingerprint density at radius 3 is 2.37 bits per heavy atom. The molecule has 0 spiro atoms. The Bertz CT molecular complexity index is 439. The Balaban J connectivity index is 1.90. The Hall–Kier alpha value is -1.69. The molecule has 1 amide bonds. The van der Waals surface area contributed by atoms with Crippen molar-refractivity contribution in [3.05, 3.63) is 29.8 Å². The van der Waals surface area contributed by atoms with Crippen LogP contribution in [0, 0.1) is 11.6 Å². The van der Waals surface area contributed by atoms with Gasteiger partial charge in [-0.3, -0.25) is 4.79 Å². The molecule has 0 atom stereocenters. The normalized spacial score (nSPS) is 16.5. The number of para-hydroxylation sites is 1. The summed E-state index contributed by atoms with van der Waals surface area (Å²) in [7, 11) is 1.99. The summed E-state index contributed by atoms with van der Waals surface area (Å²) in [5, 5.41) is 2.53. The van der Waals surface area contributed by atoms with Crippen LogP contribution in [0.3, 0.4) is 0 Å². The number of carbonyl (C=O) groups is 1. The van der Waals surface area contributed by atoms with Gasteiger partial charge in [0.1, 0.15) is 17.3 Å². The number of carbonyl (C=O) groups excluding carboxylic acids is 1. The molecular formula is C13H17F2N3O. The van der Waals surface area contributed by atoms with Gasteiger partial charge in [-0.1, -0.05) is 6.07 Å². The highest BCUT2D eigenvalue weighted by Crippen LogP contribution is 2.17. The number of piperazine rings is 1. The SMILES string of the molecule is CN1CCN(C(=O)CNc2c(F)cccc2F)CC1. The Kier molecular flexibility index (Phi) is 4.31. The quantitative estimate of drug-likeness (QED) is 0.894. The maximum atomic E-state index is 13.4. The van der Waals surface area contributed by atoms with Gasteiger partial charge in [0.05, 0.1) is 6.54 Å². The summed E-state index contributed by atoms with van der Waals surface area (Å²) >= 11 is 0. The minimum absolute atomic E-state index is 0.0957. The molecule has 0 aromatic heterocycles. The molecule has 6 heteroatoms. The summed E-state index contributed by atoms with van der Waals surface area (Å²) in [6.07, 6.45) is 0. The summed E-state index contributed by atoms with van der Waals surface area (Å²) in [5.74, 6) is -1.52. The molecule has 0 bridgehead atoms. The zero-order valence-corrected chi connectivity index (χ0v) is 10.8. The van der Waals surface area contributed by atoms with Crippen LogP contribution in [-0.2, 0) is 4.79 Å². The van der Waals surface area contributed by atoms with Crippen LogP contribution in [0.4, 0.5) is 14.5 Å². The minimum atomic E-state index is -0.689. The fraction of sp³-hybridized carbons (Fsp3) is 0.462. The van der Waals surface area contributed by atoms with Crippen molar-refractivity contribution < 1.29 is 13.6 Å². The van der Waals surface area contributed by atoms with Crippen molar-refractivity contribution in [1.29, 1.82) is 0 Å². The van der Waals surface area contributed by atoms with Gasteiger partial charge < -0.3 is 15.1 Å². The Labute approximate surface area is 111 Å². The molecule has 19 heavy (non-hydrogen) atoms. The second-order valence-electron chi connectivity index (χ2n) is 4.63. The largest absolute Gasteiger partial charge is 0.371 e. The van der Waals surface area contributed by atoms with Gasteiger partial charge in [-0.05, 0) is 19.2 Å². The molecule has 0 unspecified atom stereocenters. The number of benzene rings is 1. The van der Waals surface area contributed by atoms with Gasteiger partial charge in [-0.15, -0.1) is 0 Å². The average Bonchev–Trinajstić information content (AvgIpc) is 2.38. The molecule has 0 saturated carbocycles. The number of anilines is 1. The van der Waals surface area contributed by atoms with E-state index in [0.717, 1.165) is 25.2 Å². The smallest absolute Gasteiger partial charge is 0.241 e. The van der Waals surface area contributed by atoms with E-state index in [1.54, 1.807) is 4.90 Å². The standard InChI is InChI=1S/C13H17F2N3O/c1-17-5-7-18(8-6-17)12(19)9-16-13-10(14)3-2-4-11(13)15/h2-4,16H,5-9H2,1H3. The van der Waals surface area contributed by atoms with Crippen molar-refractivity contribution in [3.8, 4) is 0 Å². The van der Waals surface area contributed by atoms with Crippen LogP contribution in [0.2, 0.25) is 0 Å². The number of hydrogen-bond acceptors (Lipinski definition) is 3.